The number of ether oxygens (including phenoxy) is 1. The molecule has 0 fully saturated rings. The van der Waals surface area contributed by atoms with E-state index in [9.17, 15) is 14.7 Å². The molecule has 25 heavy (non-hydrogen) atoms. The molecule has 0 saturated carbocycles. The van der Waals surface area contributed by atoms with E-state index >= 15 is 0 Å². The fraction of sp³-hybridized carbons (Fsp3) is 0.200. The van der Waals surface area contributed by atoms with Crippen molar-refractivity contribution in [1.29, 1.82) is 0 Å². The van der Waals surface area contributed by atoms with Gasteiger partial charge in [-0.05, 0) is 17.7 Å². The van der Waals surface area contributed by atoms with E-state index in [0.29, 0.717) is 11.1 Å². The van der Waals surface area contributed by atoms with E-state index in [1.165, 1.54) is 6.08 Å². The molecule has 1 N–H and O–H groups in total. The largest absolute Gasteiger partial charge is 0.386 e. The Morgan fingerprint density at radius 2 is 1.56 bits per heavy atom. The van der Waals surface area contributed by atoms with Crippen LogP contribution in [0.3, 0.4) is 0 Å². The highest BCUT2D eigenvalue weighted by Crippen LogP contribution is 2.23. The van der Waals surface area contributed by atoms with E-state index in [-0.39, 0.29) is 25.0 Å². The second-order valence-corrected chi connectivity index (χ2v) is 5.83. The number of aliphatic hydroxyl groups is 1. The number of rotatable bonds is 7. The van der Waals surface area contributed by atoms with Crippen LogP contribution in [-0.4, -0.2) is 40.6 Å². The molecule has 1 heterocycles. The van der Waals surface area contributed by atoms with Crippen molar-refractivity contribution in [1.82, 2.24) is 4.90 Å². The summed E-state index contributed by atoms with van der Waals surface area (Å²) in [6.07, 6.45) is -0.402. The van der Waals surface area contributed by atoms with E-state index < -0.39 is 12.2 Å². The van der Waals surface area contributed by atoms with E-state index in [1.54, 1.807) is 24.3 Å². The van der Waals surface area contributed by atoms with Gasteiger partial charge in [-0.1, -0.05) is 48.5 Å². The summed E-state index contributed by atoms with van der Waals surface area (Å²) in [5, 5.41) is 10.2. The van der Waals surface area contributed by atoms with Crippen molar-refractivity contribution >= 4 is 11.8 Å². The standard InChI is InChI=1S/C20H19NO4/c1-2-17(22)18(25-13-14-8-4-3-5-9-14)12-21-19(23)15-10-6-7-11-16(15)20(21)24/h2-11,17-18,22H,1,12-13H2. The van der Waals surface area contributed by atoms with Crippen LogP contribution in [0.1, 0.15) is 26.3 Å². The summed E-state index contributed by atoms with van der Waals surface area (Å²) in [5.41, 5.74) is 1.69. The smallest absolute Gasteiger partial charge is 0.261 e. The summed E-state index contributed by atoms with van der Waals surface area (Å²) in [5.74, 6) is -0.740. The first-order chi connectivity index (χ1) is 12.1. The molecule has 2 aromatic carbocycles. The molecule has 5 heteroatoms. The summed E-state index contributed by atoms with van der Waals surface area (Å²) in [6.45, 7) is 3.80. The number of fused-ring (bicyclic) bond motifs is 1. The Morgan fingerprint density at radius 1 is 1.00 bits per heavy atom. The van der Waals surface area contributed by atoms with Gasteiger partial charge < -0.3 is 9.84 Å². The zero-order chi connectivity index (χ0) is 17.8. The van der Waals surface area contributed by atoms with E-state index in [1.807, 2.05) is 30.3 Å². The fourth-order valence-corrected chi connectivity index (χ4v) is 2.77. The van der Waals surface area contributed by atoms with E-state index in [4.69, 9.17) is 4.74 Å². The Bertz CT molecular complexity index is 752. The van der Waals surface area contributed by atoms with Crippen LogP contribution >= 0.6 is 0 Å². The molecule has 0 aliphatic carbocycles. The lowest BCUT2D eigenvalue weighted by Crippen LogP contribution is -2.42. The third kappa shape index (κ3) is 3.52. The Labute approximate surface area is 146 Å². The lowest BCUT2D eigenvalue weighted by Gasteiger charge is -2.25. The molecular weight excluding hydrogens is 318 g/mol. The van der Waals surface area contributed by atoms with Crippen LogP contribution in [-0.2, 0) is 11.3 Å². The van der Waals surface area contributed by atoms with E-state index in [2.05, 4.69) is 6.58 Å². The Kier molecular flexibility index (Phi) is 5.07. The number of carbonyl (C=O) groups excluding carboxylic acids is 2. The van der Waals surface area contributed by atoms with E-state index in [0.717, 1.165) is 10.5 Å². The molecule has 0 radical (unpaired) electrons. The van der Waals surface area contributed by atoms with Crippen molar-refractivity contribution in [3.8, 4) is 0 Å². The first-order valence-corrected chi connectivity index (χ1v) is 8.03. The van der Waals surface area contributed by atoms with Crippen LogP contribution in [0.25, 0.3) is 0 Å². The Balaban J connectivity index is 1.74. The van der Waals surface area contributed by atoms with Gasteiger partial charge in [0.05, 0.1) is 30.4 Å². The molecule has 2 amide bonds. The van der Waals surface area contributed by atoms with Crippen LogP contribution in [0.2, 0.25) is 0 Å². The Morgan fingerprint density at radius 3 is 2.12 bits per heavy atom. The molecule has 5 nitrogen and oxygen atoms in total. The third-order valence-electron chi connectivity index (χ3n) is 4.17. The molecule has 1 aliphatic heterocycles. The van der Waals surface area contributed by atoms with Gasteiger partial charge in [0.2, 0.25) is 0 Å². The number of nitrogens with zero attached hydrogens (tertiary/aromatic N) is 1. The van der Waals surface area contributed by atoms with Crippen LogP contribution in [0.5, 0.6) is 0 Å². The highest BCUT2D eigenvalue weighted by atomic mass is 16.5. The topological polar surface area (TPSA) is 66.8 Å². The van der Waals surface area contributed by atoms with Gasteiger partial charge in [0, 0.05) is 0 Å². The molecule has 1 aliphatic rings. The second-order valence-electron chi connectivity index (χ2n) is 5.83. The number of hydrogen-bond acceptors (Lipinski definition) is 4. The maximum absolute atomic E-state index is 12.5. The molecule has 0 aromatic heterocycles. The van der Waals surface area contributed by atoms with Crippen molar-refractivity contribution in [3.63, 3.8) is 0 Å². The maximum atomic E-state index is 12.5. The second kappa shape index (κ2) is 7.42. The molecule has 3 rings (SSSR count). The first kappa shape index (κ1) is 17.1. The molecule has 2 aromatic rings. The zero-order valence-corrected chi connectivity index (χ0v) is 13.7. The van der Waals surface area contributed by atoms with Crippen LogP contribution in [0.15, 0.2) is 67.3 Å². The molecular formula is C20H19NO4. The molecule has 0 spiro atoms. The summed E-state index contributed by atoms with van der Waals surface area (Å²) >= 11 is 0. The average Bonchev–Trinajstić information content (AvgIpc) is 2.90. The minimum absolute atomic E-state index is 0.0354. The van der Waals surface area contributed by atoms with Gasteiger partial charge in [-0.3, -0.25) is 14.5 Å². The van der Waals surface area contributed by atoms with Crippen LogP contribution in [0, 0.1) is 0 Å². The van der Waals surface area contributed by atoms with Gasteiger partial charge >= 0.3 is 0 Å². The molecule has 0 saturated heterocycles. The summed E-state index contributed by atoms with van der Waals surface area (Å²) in [7, 11) is 0. The molecule has 128 valence electrons. The average molecular weight is 337 g/mol. The predicted molar refractivity (Wildman–Crippen MR) is 93.0 cm³/mol. The number of benzene rings is 2. The molecule has 0 bridgehead atoms. The minimum atomic E-state index is -0.993. The molecule has 2 unspecified atom stereocenters. The number of hydrogen-bond donors (Lipinski definition) is 1. The SMILES string of the molecule is C=CC(O)C(CN1C(=O)c2ccccc2C1=O)OCc1ccccc1. The van der Waals surface area contributed by atoms with Gasteiger partial charge in [0.25, 0.3) is 11.8 Å². The molecule has 2 atom stereocenters. The highest BCUT2D eigenvalue weighted by Gasteiger charge is 2.37. The highest BCUT2D eigenvalue weighted by molar-refractivity contribution is 6.21. The van der Waals surface area contributed by atoms with Crippen molar-refractivity contribution in [2.24, 2.45) is 0 Å². The zero-order valence-electron chi connectivity index (χ0n) is 13.7. The number of aliphatic hydroxyl groups excluding tert-OH is 1. The van der Waals surface area contributed by atoms with Crippen molar-refractivity contribution < 1.29 is 19.4 Å². The quantitative estimate of drug-likeness (QED) is 0.622. The lowest BCUT2D eigenvalue weighted by molar-refractivity contribution is -0.0369. The fourth-order valence-electron chi connectivity index (χ4n) is 2.77. The first-order valence-electron chi connectivity index (χ1n) is 8.03. The predicted octanol–water partition coefficient (Wildman–Crippen LogP) is 2.41. The van der Waals surface area contributed by atoms with Crippen molar-refractivity contribution in [2.75, 3.05) is 6.54 Å². The normalized spacial score (nSPS) is 15.8. The summed E-state index contributed by atoms with van der Waals surface area (Å²) in [6, 6.07) is 16.2. The van der Waals surface area contributed by atoms with Gasteiger partial charge in [-0.25, -0.2) is 0 Å². The number of imide groups is 1. The van der Waals surface area contributed by atoms with Crippen LogP contribution in [0.4, 0.5) is 0 Å². The maximum Gasteiger partial charge on any atom is 0.261 e. The van der Waals surface area contributed by atoms with Crippen molar-refractivity contribution in [3.05, 3.63) is 83.9 Å². The monoisotopic (exact) mass is 337 g/mol. The summed E-state index contributed by atoms with van der Waals surface area (Å²) in [4.78, 5) is 26.1. The third-order valence-corrected chi connectivity index (χ3v) is 4.17. The number of amides is 2. The number of carbonyl (C=O) groups is 2. The van der Waals surface area contributed by atoms with Gasteiger partial charge in [-0.2, -0.15) is 0 Å². The van der Waals surface area contributed by atoms with Crippen LogP contribution < -0.4 is 0 Å². The van der Waals surface area contributed by atoms with Crippen molar-refractivity contribution in [2.45, 2.75) is 18.8 Å². The summed E-state index contributed by atoms with van der Waals surface area (Å²) < 4.78 is 5.77. The Hall–Kier alpha value is -2.76. The minimum Gasteiger partial charge on any atom is -0.386 e. The van der Waals surface area contributed by atoms with Gasteiger partial charge in [0.15, 0.2) is 0 Å². The lowest BCUT2D eigenvalue weighted by atomic mass is 10.1. The van der Waals surface area contributed by atoms with Gasteiger partial charge in [0.1, 0.15) is 6.10 Å². The van der Waals surface area contributed by atoms with Gasteiger partial charge in [-0.15, -0.1) is 6.58 Å².